The summed E-state index contributed by atoms with van der Waals surface area (Å²) in [5.41, 5.74) is 1.02. The summed E-state index contributed by atoms with van der Waals surface area (Å²) < 4.78 is 13.1. The predicted octanol–water partition coefficient (Wildman–Crippen LogP) is 1.57. The maximum absolute atomic E-state index is 13.1. The lowest BCUT2D eigenvalue weighted by Crippen LogP contribution is -2.67. The lowest BCUT2D eigenvalue weighted by atomic mass is 9.92. The zero-order valence-corrected chi connectivity index (χ0v) is 10.4. The number of hydrogen-bond acceptors (Lipinski definition) is 2. The number of amides is 1. The smallest absolute Gasteiger partial charge is 0.252 e. The van der Waals surface area contributed by atoms with Crippen molar-refractivity contribution in [2.24, 2.45) is 0 Å². The van der Waals surface area contributed by atoms with Crippen LogP contribution in [0.3, 0.4) is 0 Å². The van der Waals surface area contributed by atoms with Crippen molar-refractivity contribution in [1.82, 2.24) is 10.2 Å². The molecule has 2 rings (SSSR count). The average molecular weight is 236 g/mol. The molecular formula is C13H17FN2O. The van der Waals surface area contributed by atoms with E-state index in [2.05, 4.69) is 10.2 Å². The van der Waals surface area contributed by atoms with Crippen molar-refractivity contribution in [2.75, 3.05) is 20.1 Å². The maximum atomic E-state index is 13.1. The van der Waals surface area contributed by atoms with Crippen LogP contribution < -0.4 is 5.32 Å². The summed E-state index contributed by atoms with van der Waals surface area (Å²) in [4.78, 5) is 14.2. The molecule has 1 aromatic rings. The zero-order chi connectivity index (χ0) is 12.6. The van der Waals surface area contributed by atoms with Gasteiger partial charge in [0.05, 0.1) is 5.54 Å². The highest BCUT2D eigenvalue weighted by Crippen LogP contribution is 2.19. The number of halogens is 1. The fourth-order valence-electron chi connectivity index (χ4n) is 2.40. The van der Waals surface area contributed by atoms with Gasteiger partial charge in [-0.25, -0.2) is 4.39 Å². The number of hydrogen-bond donors (Lipinski definition) is 1. The molecular weight excluding hydrogens is 219 g/mol. The van der Waals surface area contributed by atoms with Gasteiger partial charge in [0.25, 0.3) is 5.91 Å². The van der Waals surface area contributed by atoms with Crippen LogP contribution in [0.4, 0.5) is 4.39 Å². The first-order chi connectivity index (χ1) is 7.89. The molecule has 1 heterocycles. The molecule has 1 aliphatic rings. The molecule has 0 atom stereocenters. The Labute approximate surface area is 101 Å². The summed E-state index contributed by atoms with van der Waals surface area (Å²) in [6, 6.07) is 4.28. The van der Waals surface area contributed by atoms with Crippen LogP contribution in [0, 0.1) is 12.7 Å². The van der Waals surface area contributed by atoms with E-state index in [1.807, 2.05) is 20.9 Å². The predicted molar refractivity (Wildman–Crippen MR) is 64.5 cm³/mol. The van der Waals surface area contributed by atoms with Gasteiger partial charge in [-0.1, -0.05) is 6.07 Å². The third-order valence-corrected chi connectivity index (χ3v) is 3.10. The molecule has 3 nitrogen and oxygen atoms in total. The van der Waals surface area contributed by atoms with Crippen LogP contribution in [0.2, 0.25) is 0 Å². The minimum Gasteiger partial charge on any atom is -0.344 e. The Morgan fingerprint density at radius 1 is 1.47 bits per heavy atom. The molecule has 0 spiro atoms. The van der Waals surface area contributed by atoms with Crippen molar-refractivity contribution in [1.29, 1.82) is 0 Å². The minimum absolute atomic E-state index is 0.190. The number of benzene rings is 1. The van der Waals surface area contributed by atoms with Crippen molar-refractivity contribution in [2.45, 2.75) is 19.4 Å². The number of aryl methyl sites for hydroxylation is 1. The number of carbonyl (C=O) groups is 1. The maximum Gasteiger partial charge on any atom is 0.252 e. The average Bonchev–Trinajstić information content (AvgIpc) is 2.19. The third kappa shape index (κ3) is 2.47. The molecule has 1 N–H and O–H groups in total. The van der Waals surface area contributed by atoms with Crippen molar-refractivity contribution in [3.05, 3.63) is 35.1 Å². The highest BCUT2D eigenvalue weighted by Gasteiger charge is 2.37. The van der Waals surface area contributed by atoms with Gasteiger partial charge in [-0.15, -0.1) is 0 Å². The summed E-state index contributed by atoms with van der Waals surface area (Å²) in [6.07, 6.45) is 0. The zero-order valence-electron chi connectivity index (χ0n) is 10.4. The Hall–Kier alpha value is -1.42. The molecule has 0 unspecified atom stereocenters. The molecule has 1 aromatic carbocycles. The van der Waals surface area contributed by atoms with Crippen LogP contribution in [-0.2, 0) is 0 Å². The number of likely N-dealkylation sites (N-methyl/N-ethyl adjacent to an activating group) is 1. The van der Waals surface area contributed by atoms with Crippen LogP contribution in [0.5, 0.6) is 0 Å². The lowest BCUT2D eigenvalue weighted by Gasteiger charge is -2.46. The Morgan fingerprint density at radius 2 is 2.12 bits per heavy atom. The molecule has 1 fully saturated rings. The molecule has 0 aromatic heterocycles. The molecule has 1 amide bonds. The van der Waals surface area contributed by atoms with Gasteiger partial charge in [0.1, 0.15) is 5.82 Å². The molecule has 0 saturated carbocycles. The van der Waals surface area contributed by atoms with Gasteiger partial charge in [-0.3, -0.25) is 4.79 Å². The van der Waals surface area contributed by atoms with Crippen LogP contribution in [0.25, 0.3) is 0 Å². The number of rotatable bonds is 2. The summed E-state index contributed by atoms with van der Waals surface area (Å²) in [6.45, 7) is 5.46. The van der Waals surface area contributed by atoms with E-state index in [1.165, 1.54) is 12.1 Å². The van der Waals surface area contributed by atoms with E-state index in [1.54, 1.807) is 6.07 Å². The van der Waals surface area contributed by atoms with Gasteiger partial charge < -0.3 is 10.2 Å². The Kier molecular flexibility index (Phi) is 2.91. The molecule has 0 aliphatic carbocycles. The van der Waals surface area contributed by atoms with Crippen molar-refractivity contribution in [3.8, 4) is 0 Å². The van der Waals surface area contributed by atoms with Gasteiger partial charge in [0.15, 0.2) is 0 Å². The van der Waals surface area contributed by atoms with E-state index < -0.39 is 0 Å². The van der Waals surface area contributed by atoms with E-state index in [9.17, 15) is 9.18 Å². The first-order valence-electron chi connectivity index (χ1n) is 5.67. The Balaban J connectivity index is 2.12. The summed E-state index contributed by atoms with van der Waals surface area (Å²) in [5.74, 6) is -0.575. The summed E-state index contributed by atoms with van der Waals surface area (Å²) in [7, 11) is 2.00. The molecule has 92 valence electrons. The standard InChI is InChI=1S/C13H17FN2O/c1-9-4-5-10(14)6-11(9)12(17)15-13(2)7-16(3)8-13/h4-6H,7-8H2,1-3H3,(H,15,17). The lowest BCUT2D eigenvalue weighted by molar-refractivity contribution is 0.0614. The molecule has 1 aliphatic heterocycles. The molecule has 17 heavy (non-hydrogen) atoms. The second kappa shape index (κ2) is 4.11. The van der Waals surface area contributed by atoms with Crippen LogP contribution >= 0.6 is 0 Å². The van der Waals surface area contributed by atoms with Crippen LogP contribution in [-0.4, -0.2) is 36.5 Å². The van der Waals surface area contributed by atoms with E-state index in [4.69, 9.17) is 0 Å². The van der Waals surface area contributed by atoms with Gasteiger partial charge in [-0.2, -0.15) is 0 Å². The van der Waals surface area contributed by atoms with Gasteiger partial charge >= 0.3 is 0 Å². The van der Waals surface area contributed by atoms with Crippen molar-refractivity contribution >= 4 is 5.91 Å². The van der Waals surface area contributed by atoms with E-state index in [0.29, 0.717) is 5.56 Å². The largest absolute Gasteiger partial charge is 0.344 e. The van der Waals surface area contributed by atoms with Crippen LogP contribution in [0.1, 0.15) is 22.8 Å². The Morgan fingerprint density at radius 3 is 2.71 bits per heavy atom. The van der Waals surface area contributed by atoms with Gasteiger partial charge in [0, 0.05) is 18.7 Å². The molecule has 0 bridgehead atoms. The SMILES string of the molecule is Cc1ccc(F)cc1C(=O)NC1(C)CN(C)C1. The Bertz CT molecular complexity index is 453. The quantitative estimate of drug-likeness (QED) is 0.845. The van der Waals surface area contributed by atoms with Gasteiger partial charge in [0.2, 0.25) is 0 Å². The van der Waals surface area contributed by atoms with E-state index >= 15 is 0 Å². The summed E-state index contributed by atoms with van der Waals surface area (Å²) in [5, 5.41) is 2.96. The number of carbonyl (C=O) groups excluding carboxylic acids is 1. The van der Waals surface area contributed by atoms with Crippen LogP contribution in [0.15, 0.2) is 18.2 Å². The monoisotopic (exact) mass is 236 g/mol. The second-order valence-electron chi connectivity index (χ2n) is 5.15. The normalized spacial score (nSPS) is 18.6. The minimum atomic E-state index is -0.378. The highest BCUT2D eigenvalue weighted by molar-refractivity contribution is 5.96. The van der Waals surface area contributed by atoms with Crippen molar-refractivity contribution in [3.63, 3.8) is 0 Å². The number of nitrogens with zero attached hydrogens (tertiary/aromatic N) is 1. The number of likely N-dealkylation sites (tertiary alicyclic amines) is 1. The number of nitrogens with one attached hydrogen (secondary N) is 1. The first kappa shape index (κ1) is 12.0. The third-order valence-electron chi connectivity index (χ3n) is 3.10. The van der Waals surface area contributed by atoms with E-state index in [0.717, 1.165) is 18.7 Å². The van der Waals surface area contributed by atoms with E-state index in [-0.39, 0.29) is 17.3 Å². The van der Waals surface area contributed by atoms with Crippen molar-refractivity contribution < 1.29 is 9.18 Å². The second-order valence-corrected chi connectivity index (χ2v) is 5.15. The molecule has 0 radical (unpaired) electrons. The fraction of sp³-hybridized carbons (Fsp3) is 0.462. The summed E-state index contributed by atoms with van der Waals surface area (Å²) >= 11 is 0. The highest BCUT2D eigenvalue weighted by atomic mass is 19.1. The molecule has 1 saturated heterocycles. The topological polar surface area (TPSA) is 32.3 Å². The molecule has 4 heteroatoms. The fourth-order valence-corrected chi connectivity index (χ4v) is 2.40. The first-order valence-corrected chi connectivity index (χ1v) is 5.67. The van der Waals surface area contributed by atoms with Gasteiger partial charge in [-0.05, 0) is 38.6 Å².